The minimum atomic E-state index is -2.51. The van der Waals surface area contributed by atoms with E-state index in [1.165, 1.54) is 0 Å². The molecule has 0 unspecified atom stereocenters. The number of carbonyl (C=O) groups excluding carboxylic acids is 4. The van der Waals surface area contributed by atoms with Crippen molar-refractivity contribution in [3.63, 3.8) is 0 Å². The van der Waals surface area contributed by atoms with E-state index in [0.717, 1.165) is 20.8 Å². The highest BCUT2D eigenvalue weighted by atomic mass is 16.8. The van der Waals surface area contributed by atoms with Crippen LogP contribution in [0.4, 0.5) is 0 Å². The third kappa shape index (κ3) is 21.5. The van der Waals surface area contributed by atoms with Crippen molar-refractivity contribution in [2.75, 3.05) is 72.7 Å². The lowest BCUT2D eigenvalue weighted by Gasteiger charge is -2.51. The van der Waals surface area contributed by atoms with Gasteiger partial charge in [0.2, 0.25) is 24.1 Å². The van der Waals surface area contributed by atoms with Gasteiger partial charge < -0.3 is 239 Å². The molecule has 0 aromatic heterocycles. The summed E-state index contributed by atoms with van der Waals surface area (Å²) in [7, 11) is 0. The minimum absolute atomic E-state index is 0.245. The Morgan fingerprint density at radius 1 is 0.284 bits per heavy atom. The smallest absolute Gasteiger partial charge is 0.217 e. The lowest BCUT2D eigenvalue weighted by Crippen LogP contribution is -2.71. The topological polar surface area (TPSA) is 809 Å². The molecule has 46 atom stereocenters. The van der Waals surface area contributed by atoms with Crippen molar-refractivity contribution < 1.29 is 237 Å². The zero-order valence-electron chi connectivity index (χ0n) is 62.0. The fourth-order valence-corrected chi connectivity index (χ4v) is 14.7. The Kier molecular flexibility index (Phi) is 35.5. The first kappa shape index (κ1) is 95.9. The van der Waals surface area contributed by atoms with Crippen LogP contribution in [-0.2, 0) is 104 Å². The second-order valence-corrected chi connectivity index (χ2v) is 28.9. The maximum absolute atomic E-state index is 13.1. The zero-order chi connectivity index (χ0) is 85.3. The van der Waals surface area contributed by atoms with Gasteiger partial charge in [0.15, 0.2) is 56.6 Å². The summed E-state index contributed by atoms with van der Waals surface area (Å²) >= 11 is 0. The lowest BCUT2D eigenvalue weighted by atomic mass is 9.93. The van der Waals surface area contributed by atoms with E-state index >= 15 is 0 Å². The molecule has 9 aliphatic heterocycles. The Hall–Kier alpha value is -3.88. The third-order valence-corrected chi connectivity index (χ3v) is 20.9. The van der Waals surface area contributed by atoms with Crippen molar-refractivity contribution in [1.82, 2.24) is 21.3 Å². The SMILES string of the molecule is CC(=O)N[C@H]1[C@H](O[C@H]2[C@@H](O)[C@@H](CO[C@@H]3O[C@H](CO)[C@@H](O[C@@H]4O[C@H](CO)[C@H](O)[C@H](O[C@H]5O[C@H](CO)[C@H](O)[C@H](O)[C@H]5O)[C@H]4O)[C@H](O)[C@H]3NC(C)=O)O[C@@H](O[C@H]3[C@H](O)[C@@H](NC(C)=O)[C@H](O[C@H]4[C@@H](O)[C@@H](CO)O[C@@H](O[C@H]5[C@H](O)[C@@H](O)[C@H](OC[C@@H](CO)NC=O)O[C@@H]5CO)[C@@H]4O)O[C@@H]3CO)[C@@H]2O)O[C@H](CO)[C@@H](O[C@@H]2O[C@H](CO)[C@H](O)[C@H](O)[C@H]2O)[C@@H]1O. The lowest BCUT2D eigenvalue weighted by molar-refractivity contribution is -0.390. The number of ether oxygens (including phenoxy) is 18. The van der Waals surface area contributed by atoms with Crippen molar-refractivity contribution in [3.8, 4) is 0 Å². The molecule has 0 aromatic carbocycles. The summed E-state index contributed by atoms with van der Waals surface area (Å²) in [6.07, 6.45) is -85.8. The van der Waals surface area contributed by atoms with E-state index in [4.69, 9.17) is 85.3 Å². The van der Waals surface area contributed by atoms with Crippen LogP contribution in [0.15, 0.2) is 0 Å². The van der Waals surface area contributed by atoms with Crippen LogP contribution in [0.3, 0.4) is 0 Å². The molecule has 9 rings (SSSR count). The van der Waals surface area contributed by atoms with Gasteiger partial charge in [0, 0.05) is 20.8 Å². The van der Waals surface area contributed by atoms with Gasteiger partial charge in [0.05, 0.1) is 78.7 Å². The van der Waals surface area contributed by atoms with Crippen LogP contribution in [-0.4, -0.2) is 512 Å². The second-order valence-electron chi connectivity index (χ2n) is 28.9. The van der Waals surface area contributed by atoms with Gasteiger partial charge in [-0.1, -0.05) is 0 Å². The molecule has 9 aliphatic rings. The molecule has 0 radical (unpaired) electrons. The Morgan fingerprint density at radius 3 is 0.871 bits per heavy atom. The van der Waals surface area contributed by atoms with E-state index < -0.39 is 373 Å². The molecule has 52 nitrogen and oxygen atoms in total. The van der Waals surface area contributed by atoms with E-state index in [-0.39, 0.29) is 6.41 Å². The highest BCUT2D eigenvalue weighted by Gasteiger charge is 2.61. The van der Waals surface area contributed by atoms with E-state index in [1.54, 1.807) is 0 Å². The van der Waals surface area contributed by atoms with E-state index in [2.05, 4.69) is 21.3 Å². The van der Waals surface area contributed by atoms with Gasteiger partial charge in [-0.25, -0.2) is 0 Å². The molecule has 0 bridgehead atoms. The normalized spacial score (nSPS) is 47.9. The van der Waals surface area contributed by atoms with Gasteiger partial charge in [0.25, 0.3) is 0 Å². The fraction of sp³-hybridized carbons (Fsp3) is 0.938. The van der Waals surface area contributed by atoms with Crippen molar-refractivity contribution >= 4 is 24.1 Å². The largest absolute Gasteiger partial charge is 0.394 e. The second kappa shape index (κ2) is 43.0. The minimum Gasteiger partial charge on any atom is -0.394 e. The van der Waals surface area contributed by atoms with Gasteiger partial charge in [-0.05, 0) is 0 Å². The number of aliphatic hydroxyl groups excluding tert-OH is 26. The summed E-state index contributed by atoms with van der Waals surface area (Å²) in [5, 5.41) is 296. The Bertz CT molecular complexity index is 3030. The molecule has 30 N–H and O–H groups in total. The molecule has 0 saturated carbocycles. The standard InChI is InChI=1S/C64H108N4O48/c1-16(79)66-29-37(87)49(111-62-47(97)54(35(85)23(8-73)103-62)116-61-44(94)41(91)33(83)21(6-71)102-61)24(9-74)105-56(29)100-14-28-36(86)55(115-58-30(67-17(2)80)38(88)50(25(10-75)106-58)110-60-43(93)40(90)32(82)20(5-70)101-60)48(98)64(109-28)112-51-26(11-76)107-57(31(39(51)89)68-18(3)81)114-53-34(84)22(7-72)104-63(46(53)96)113-52-27(12-77)108-59(45(95)42(52)92)99-13-19(4-69)65-15-78/h15,19-64,69-77,82-98H,4-14H2,1-3H3,(H,65,78)(H,66,79)(H,67,80)(H,68,81)/t19-,20-,21-,22-,23-,24-,25-,26-,27-,28-,29-,30-,31-,32+,33+,34+,35+,36+,37-,38-,39-,40+,41+,42-,43-,44-,45-,46-,47-,48-,49-,50-,51-,52-,53+,54+,55+,56-,57+,58+,59-,60+,61-,62+,63+,64+/m1/s1. The molecule has 0 spiro atoms. The Balaban J connectivity index is 0.993. The van der Waals surface area contributed by atoms with Gasteiger partial charge in [-0.15, -0.1) is 0 Å². The van der Waals surface area contributed by atoms with Gasteiger partial charge in [-0.2, -0.15) is 0 Å². The number of nitrogens with one attached hydrogen (secondary N) is 4. The average molecular weight is 1700 g/mol. The Morgan fingerprint density at radius 2 is 0.543 bits per heavy atom. The molecule has 9 saturated heterocycles. The number of amides is 4. The quantitative estimate of drug-likeness (QED) is 0.0266. The first-order valence-electron chi connectivity index (χ1n) is 36.9. The summed E-state index contributed by atoms with van der Waals surface area (Å²) in [5.41, 5.74) is 0. The maximum atomic E-state index is 13.1. The first-order valence-corrected chi connectivity index (χ1v) is 36.9. The van der Waals surface area contributed by atoms with Gasteiger partial charge in [-0.3, -0.25) is 19.2 Å². The summed E-state index contributed by atoms with van der Waals surface area (Å²) < 4.78 is 105. The van der Waals surface area contributed by atoms with Crippen LogP contribution in [0.1, 0.15) is 20.8 Å². The molecule has 9 fully saturated rings. The number of aliphatic hydroxyl groups is 26. The fourth-order valence-electron chi connectivity index (χ4n) is 14.7. The monoisotopic (exact) mass is 1700 g/mol. The van der Waals surface area contributed by atoms with E-state index in [9.17, 15) is 152 Å². The van der Waals surface area contributed by atoms with E-state index in [1.807, 2.05) is 0 Å². The number of carbonyl (C=O) groups is 4. The van der Waals surface area contributed by atoms with Crippen LogP contribution >= 0.6 is 0 Å². The number of rotatable bonds is 34. The van der Waals surface area contributed by atoms with Crippen molar-refractivity contribution in [2.24, 2.45) is 0 Å². The first-order chi connectivity index (χ1) is 55.1. The van der Waals surface area contributed by atoms with Gasteiger partial charge >= 0.3 is 0 Å². The van der Waals surface area contributed by atoms with Crippen LogP contribution in [0.5, 0.6) is 0 Å². The predicted octanol–water partition coefficient (Wildman–Crippen LogP) is -21.1. The molecule has 9 heterocycles. The molecular formula is C64H108N4O48. The van der Waals surface area contributed by atoms with Crippen LogP contribution in [0.2, 0.25) is 0 Å². The molecule has 672 valence electrons. The highest BCUT2D eigenvalue weighted by molar-refractivity contribution is 5.74. The maximum Gasteiger partial charge on any atom is 0.217 e. The molecule has 4 amide bonds. The van der Waals surface area contributed by atoms with Crippen molar-refractivity contribution in [1.29, 1.82) is 0 Å². The van der Waals surface area contributed by atoms with Crippen molar-refractivity contribution in [3.05, 3.63) is 0 Å². The average Bonchev–Trinajstić information content (AvgIpc) is 0.763. The summed E-state index contributed by atoms with van der Waals surface area (Å²) in [4.78, 5) is 50.2. The Labute approximate surface area is 656 Å². The van der Waals surface area contributed by atoms with Gasteiger partial charge in [0.1, 0.15) is 220 Å². The highest BCUT2D eigenvalue weighted by Crippen LogP contribution is 2.40. The van der Waals surface area contributed by atoms with Crippen LogP contribution in [0, 0.1) is 0 Å². The molecule has 52 heteroatoms. The summed E-state index contributed by atoms with van der Waals surface area (Å²) in [5.74, 6) is -2.90. The van der Waals surface area contributed by atoms with Crippen LogP contribution in [0.25, 0.3) is 0 Å². The van der Waals surface area contributed by atoms with Crippen molar-refractivity contribution in [2.45, 2.75) is 303 Å². The molecule has 0 aromatic rings. The zero-order valence-corrected chi connectivity index (χ0v) is 62.0. The number of hydrogen-bond donors (Lipinski definition) is 30. The molecule has 0 aliphatic carbocycles. The number of hydrogen-bond acceptors (Lipinski definition) is 48. The molecular weight excluding hydrogens is 1590 g/mol. The third-order valence-electron chi connectivity index (χ3n) is 20.9. The van der Waals surface area contributed by atoms with E-state index in [0.29, 0.717) is 0 Å². The summed E-state index contributed by atoms with van der Waals surface area (Å²) in [6.45, 7) is -8.10. The molecule has 116 heavy (non-hydrogen) atoms. The van der Waals surface area contributed by atoms with Crippen LogP contribution < -0.4 is 21.3 Å². The predicted molar refractivity (Wildman–Crippen MR) is 356 cm³/mol. The summed E-state index contributed by atoms with van der Waals surface area (Å²) in [6, 6.07) is -6.91.